The molecule has 9 heterocycles. The van der Waals surface area contributed by atoms with E-state index in [0.29, 0.717) is 63.9 Å². The molecule has 5 fully saturated rings. The Morgan fingerprint density at radius 3 is 1.23 bits per heavy atom. The molecule has 5 saturated heterocycles. The number of ether oxygens (including phenoxy) is 3. The third-order valence-corrected chi connectivity index (χ3v) is 12.2. The van der Waals surface area contributed by atoms with E-state index in [0.717, 1.165) is 116 Å². The summed E-state index contributed by atoms with van der Waals surface area (Å²) in [4.78, 5) is 78.3. The van der Waals surface area contributed by atoms with Crippen molar-refractivity contribution in [1.82, 2.24) is 45.7 Å². The fourth-order valence-corrected chi connectivity index (χ4v) is 7.69. The van der Waals surface area contributed by atoms with Crippen LogP contribution in [0.3, 0.4) is 0 Å². The van der Waals surface area contributed by atoms with E-state index in [1.165, 1.54) is 55.6 Å². The molecule has 0 atom stereocenters. The number of carbonyl (C=O) groups is 2. The zero-order valence-corrected chi connectivity index (χ0v) is 54.8. The topological polar surface area (TPSA) is 399 Å². The van der Waals surface area contributed by atoms with E-state index in [-0.39, 0.29) is 42.0 Å². The van der Waals surface area contributed by atoms with Gasteiger partial charge in [0.25, 0.3) is 0 Å². The number of rotatable bonds is 8. The molecule has 0 unspecified atom stereocenters. The zero-order valence-electron chi connectivity index (χ0n) is 53.2. The number of aliphatic hydroxyl groups excluding tert-OH is 3. The van der Waals surface area contributed by atoms with Gasteiger partial charge in [-0.3, -0.25) is 0 Å². The van der Waals surface area contributed by atoms with Crippen LogP contribution in [0.5, 0.6) is 0 Å². The minimum Gasteiger partial charge on any atom is -0.366 e. The van der Waals surface area contributed by atoms with Crippen LogP contribution < -0.4 is 36.4 Å². The van der Waals surface area contributed by atoms with E-state index in [9.17, 15) is 39.9 Å². The van der Waals surface area contributed by atoms with Crippen molar-refractivity contribution in [3.8, 4) is 11.9 Å². The molecule has 8 N–H and O–H groups in total. The van der Waals surface area contributed by atoms with Crippen LogP contribution in [0.1, 0.15) is 74.1 Å². The number of amides is 2. The smallest absolute Gasteiger partial charge is 0.363 e. The van der Waals surface area contributed by atoms with E-state index in [1.54, 1.807) is 46.2 Å². The predicted molar refractivity (Wildman–Crippen MR) is 351 cm³/mol. The summed E-state index contributed by atoms with van der Waals surface area (Å²) >= 11 is 5.43. The summed E-state index contributed by atoms with van der Waals surface area (Å²) in [7, 11) is 1.32. The maximum absolute atomic E-state index is 12.0. The average molecular weight is 1320 g/mol. The number of nitrogens with one attached hydrogen (secondary N) is 3. The van der Waals surface area contributed by atoms with Crippen molar-refractivity contribution in [2.45, 2.75) is 85.4 Å². The van der Waals surface area contributed by atoms with Crippen LogP contribution in [-0.4, -0.2) is 222 Å². The summed E-state index contributed by atoms with van der Waals surface area (Å²) in [5, 5.41) is 63.6. The number of nitrogen functional groups attached to an aromatic ring is 1. The third-order valence-electron chi connectivity index (χ3n) is 12.0. The Labute approximate surface area is 543 Å². The van der Waals surface area contributed by atoms with Crippen molar-refractivity contribution < 1.29 is 58.6 Å². The number of unbranched alkanes of at least 4 members (excludes halogenated alkanes) is 1. The van der Waals surface area contributed by atoms with Gasteiger partial charge >= 0.3 is 58.5 Å². The van der Waals surface area contributed by atoms with Gasteiger partial charge in [-0.25, -0.2) is 14.6 Å². The molecule has 0 radical (unpaired) electrons. The SMILES string of the molecule is C1CCOC1.C1CNCCN1.CC(C)(C)OC(=O)N1CCN(c2ccc(N)nc2)CC1.CC(C)(C)OC(=O)N1CCN(c2ccc([N+](=O)[O-])nc2)CC1.CCCCO.CO.Cl.O=BC#CO.O=[N+]([O-])c1ccc(Cl)cn1.O=[N+]([O-])c1ccc(N2CCNCC2)cn1. The maximum Gasteiger partial charge on any atom is 0.363 e. The number of hydrogen-bond donors (Lipinski definition) is 7. The molecular weight excluding hydrogens is 1230 g/mol. The summed E-state index contributed by atoms with van der Waals surface area (Å²) in [6.45, 7) is 29.0. The molecule has 0 spiro atoms. The first-order valence-corrected chi connectivity index (χ1v) is 29.5. The van der Waals surface area contributed by atoms with E-state index in [2.05, 4.69) is 52.6 Å². The number of aromatic nitrogens is 4. The van der Waals surface area contributed by atoms with Crippen molar-refractivity contribution in [3.63, 3.8) is 0 Å². The number of hydrogen-bond acceptors (Lipinski definition) is 26. The molecule has 4 aromatic rings. The van der Waals surface area contributed by atoms with Crippen molar-refractivity contribution in [3.05, 3.63) is 109 Å². The van der Waals surface area contributed by atoms with Gasteiger partial charge in [0.2, 0.25) is 0 Å². The molecule has 34 heteroatoms. The van der Waals surface area contributed by atoms with Crippen LogP contribution in [0.4, 0.5) is 49.9 Å². The van der Waals surface area contributed by atoms with E-state index in [1.807, 2.05) is 52.5 Å². The second-order valence-corrected chi connectivity index (χ2v) is 21.6. The van der Waals surface area contributed by atoms with Crippen LogP contribution in [0.2, 0.25) is 5.02 Å². The molecule has 9 rings (SSSR count). The van der Waals surface area contributed by atoms with Crippen molar-refractivity contribution in [2.75, 3.05) is 152 Å². The van der Waals surface area contributed by atoms with Gasteiger partial charge < -0.3 is 101 Å². The van der Waals surface area contributed by atoms with Gasteiger partial charge in [-0.15, -0.1) is 12.4 Å². The Hall–Kier alpha value is -7.90. The number of nitro groups is 3. The molecule has 0 aromatic carbocycles. The predicted octanol–water partition coefficient (Wildman–Crippen LogP) is 5.92. The first kappa shape index (κ1) is 83.1. The summed E-state index contributed by atoms with van der Waals surface area (Å²) in [5.74, 6) is 1.79. The van der Waals surface area contributed by atoms with Crippen molar-refractivity contribution in [1.29, 1.82) is 0 Å². The Morgan fingerprint density at radius 1 is 0.626 bits per heavy atom. The zero-order chi connectivity index (χ0) is 67.3. The molecule has 0 aliphatic carbocycles. The Bertz CT molecular complexity index is 2680. The van der Waals surface area contributed by atoms with E-state index in [4.69, 9.17) is 51.6 Å². The van der Waals surface area contributed by atoms with Crippen LogP contribution in [0.15, 0.2) is 73.3 Å². The van der Waals surface area contributed by atoms with Gasteiger partial charge in [-0.05, 0) is 121 Å². The van der Waals surface area contributed by atoms with Crippen molar-refractivity contribution >= 4 is 83.7 Å². The van der Waals surface area contributed by atoms with Crippen LogP contribution in [-0.2, 0) is 18.9 Å². The largest absolute Gasteiger partial charge is 0.366 e. The van der Waals surface area contributed by atoms with Crippen LogP contribution >= 0.6 is 24.0 Å². The number of pyridine rings is 4. The number of anilines is 4. The quantitative estimate of drug-likeness (QED) is 0.0465. The molecule has 4 aromatic heterocycles. The molecule has 0 bridgehead atoms. The van der Waals surface area contributed by atoms with Gasteiger partial charge in [-0.2, -0.15) is 0 Å². The van der Waals surface area contributed by atoms with E-state index < -0.39 is 26.0 Å². The molecule has 506 valence electrons. The van der Waals surface area contributed by atoms with Crippen molar-refractivity contribution in [2.24, 2.45) is 0 Å². The van der Waals surface area contributed by atoms with Gasteiger partial charge in [-0.1, -0.05) is 24.9 Å². The summed E-state index contributed by atoms with van der Waals surface area (Å²) < 4.78 is 24.7. The Balaban J connectivity index is 0.00000108. The molecule has 5 aliphatic rings. The number of nitrogens with zero attached hydrogens (tertiary/aromatic N) is 12. The number of halogens is 2. The Morgan fingerprint density at radius 2 is 0.989 bits per heavy atom. The minimum absolute atomic E-state index is 0. The fourth-order valence-electron chi connectivity index (χ4n) is 7.58. The first-order valence-electron chi connectivity index (χ1n) is 29.1. The second-order valence-electron chi connectivity index (χ2n) is 21.2. The van der Waals surface area contributed by atoms with Crippen LogP contribution in [0, 0.1) is 42.3 Å². The molecule has 2 amide bonds. The Kier molecular flexibility index (Phi) is 43.8. The van der Waals surface area contributed by atoms with Gasteiger partial charge in [0, 0.05) is 150 Å². The standard InChI is InChI=1S/C14H20N4O4.C14H22N4O2.C9H12N4O2.C5H3ClN2O2.C4H10N2.C4H8O.C4H10O.C2HBO2.CH4O.ClH/c1-14(2,3)22-13(19)17-8-6-16(7-9-17)11-4-5-12(15-10-11)18(20)21;1-14(2,3)20-13(19)18-8-6-17(7-9-18)11-4-5-12(15)16-10-11;14-13(15)9-2-1-8(7-11-9)12-5-3-10-4-6-12;6-4-1-2-5(7-3-4)8(9)10;1-2-6-4-3-5-1;1-2-4-5-3-1;1-2-3-4-5;4-2-1-3-5;1-2;/h4-5,10H,6-9H2,1-3H3;4-5,10H,6-9H2,1-3H3,(H2,15,16);1-2,7,10H,3-6H2;1-3H;5-6H,1-4H2;1-4H2;5H,2-4H2,1H3;4H;2H,1H3;1H. The minimum atomic E-state index is -0.573. The third kappa shape index (κ3) is 38.4. The van der Waals surface area contributed by atoms with E-state index >= 15 is 0 Å². The normalized spacial score (nSPS) is 14.6. The van der Waals surface area contributed by atoms with Gasteiger partial charge in [0.05, 0.1) is 28.3 Å². The average Bonchev–Trinajstić information content (AvgIpc) is 1.71. The molecular formula is C57H91BCl2N16O15. The number of aliphatic hydroxyl groups is 3. The summed E-state index contributed by atoms with van der Waals surface area (Å²) in [6.07, 6.45) is 11.5. The summed E-state index contributed by atoms with van der Waals surface area (Å²) in [6, 6.07) is 12.7. The molecule has 5 aliphatic heterocycles. The number of carbonyl (C=O) groups excluding carboxylic acids is 2. The number of piperazine rings is 4. The fraction of sp³-hybridized carbons (Fsp3) is 0.579. The first-order chi connectivity index (χ1) is 42.9. The monoisotopic (exact) mass is 1320 g/mol. The van der Waals surface area contributed by atoms with Crippen LogP contribution in [0.25, 0.3) is 0 Å². The summed E-state index contributed by atoms with van der Waals surface area (Å²) in [5.41, 5.74) is 7.42. The molecule has 0 saturated carbocycles. The second kappa shape index (κ2) is 48.0. The van der Waals surface area contributed by atoms with Gasteiger partial charge in [0.1, 0.15) is 17.0 Å². The molecule has 91 heavy (non-hydrogen) atoms. The maximum atomic E-state index is 12.0. The van der Waals surface area contributed by atoms with Gasteiger partial charge in [0.15, 0.2) is 18.6 Å². The molecule has 31 nitrogen and oxygen atoms in total. The number of nitrogens with two attached hydrogens (primary N) is 1.